The molecule has 2 N–H and O–H groups in total. The molecule has 0 heterocycles. The number of fused-ring (bicyclic) bond motifs is 1. The lowest BCUT2D eigenvalue weighted by atomic mass is 9.87. The van der Waals surface area contributed by atoms with Crippen molar-refractivity contribution >= 4 is 0 Å². The van der Waals surface area contributed by atoms with Gasteiger partial charge in [0.1, 0.15) is 5.82 Å². The quantitative estimate of drug-likeness (QED) is 0.650. The van der Waals surface area contributed by atoms with E-state index in [4.69, 9.17) is 5.73 Å². The summed E-state index contributed by atoms with van der Waals surface area (Å²) in [5.74, 6) is -0.0485. The second kappa shape index (κ2) is 3.11. The lowest BCUT2D eigenvalue weighted by molar-refractivity contribution is 0.528. The van der Waals surface area contributed by atoms with E-state index >= 15 is 0 Å². The molecule has 0 saturated heterocycles. The summed E-state index contributed by atoms with van der Waals surface area (Å²) in [6.45, 7) is 1.80. The Morgan fingerprint density at radius 2 is 2.23 bits per heavy atom. The lowest BCUT2D eigenvalue weighted by Gasteiger charge is -2.23. The number of hydrogen-bond acceptors (Lipinski definition) is 1. The van der Waals surface area contributed by atoms with Crippen LogP contribution in [0.15, 0.2) is 12.1 Å². The van der Waals surface area contributed by atoms with Gasteiger partial charge in [-0.2, -0.15) is 0 Å². The zero-order chi connectivity index (χ0) is 9.42. The fourth-order valence-corrected chi connectivity index (χ4v) is 2.01. The number of rotatable bonds is 0. The summed E-state index contributed by atoms with van der Waals surface area (Å²) in [7, 11) is 0. The summed E-state index contributed by atoms with van der Waals surface area (Å²) in [6, 6.07) is 3.83. The first kappa shape index (κ1) is 8.70. The van der Waals surface area contributed by atoms with Crippen LogP contribution >= 0.6 is 0 Å². The van der Waals surface area contributed by atoms with Crippen molar-refractivity contribution in [3.8, 4) is 0 Å². The van der Waals surface area contributed by atoms with Crippen molar-refractivity contribution in [3.05, 3.63) is 34.6 Å². The first-order valence-electron chi connectivity index (χ1n) is 4.73. The third kappa shape index (κ3) is 1.35. The minimum absolute atomic E-state index is 0.0406. The van der Waals surface area contributed by atoms with Crippen LogP contribution in [-0.4, -0.2) is 0 Å². The largest absolute Gasteiger partial charge is 0.324 e. The fourth-order valence-electron chi connectivity index (χ4n) is 2.01. The highest BCUT2D eigenvalue weighted by molar-refractivity contribution is 5.36. The van der Waals surface area contributed by atoms with Gasteiger partial charge in [-0.1, -0.05) is 12.1 Å². The second-order valence-corrected chi connectivity index (χ2v) is 3.76. The van der Waals surface area contributed by atoms with Gasteiger partial charge in [-0.3, -0.25) is 0 Å². The van der Waals surface area contributed by atoms with Gasteiger partial charge in [-0.15, -0.1) is 0 Å². The van der Waals surface area contributed by atoms with E-state index in [1.165, 1.54) is 0 Å². The molecule has 1 aliphatic carbocycles. The van der Waals surface area contributed by atoms with Crippen LogP contribution in [-0.2, 0) is 6.42 Å². The van der Waals surface area contributed by atoms with Crippen molar-refractivity contribution in [2.75, 3.05) is 0 Å². The molecule has 0 radical (unpaired) electrons. The van der Waals surface area contributed by atoms with Gasteiger partial charge in [-0.25, -0.2) is 4.39 Å². The van der Waals surface area contributed by atoms with E-state index in [-0.39, 0.29) is 11.9 Å². The summed E-state index contributed by atoms with van der Waals surface area (Å²) in [5.41, 5.74) is 8.48. The molecule has 0 aliphatic heterocycles. The Morgan fingerprint density at radius 1 is 1.46 bits per heavy atom. The Morgan fingerprint density at radius 3 is 3.00 bits per heavy atom. The number of aryl methyl sites for hydroxylation is 1. The maximum absolute atomic E-state index is 13.6. The number of nitrogens with two attached hydrogens (primary N) is 1. The van der Waals surface area contributed by atoms with Crippen molar-refractivity contribution in [1.82, 2.24) is 0 Å². The van der Waals surface area contributed by atoms with Gasteiger partial charge in [0, 0.05) is 6.04 Å². The molecule has 70 valence electrons. The van der Waals surface area contributed by atoms with Crippen LogP contribution in [0, 0.1) is 12.7 Å². The van der Waals surface area contributed by atoms with Gasteiger partial charge >= 0.3 is 0 Å². The van der Waals surface area contributed by atoms with E-state index in [0.29, 0.717) is 0 Å². The zero-order valence-corrected chi connectivity index (χ0v) is 7.81. The van der Waals surface area contributed by atoms with Crippen molar-refractivity contribution in [3.63, 3.8) is 0 Å². The number of hydrogen-bond donors (Lipinski definition) is 1. The summed E-state index contributed by atoms with van der Waals surface area (Å²) < 4.78 is 13.6. The number of benzene rings is 1. The highest BCUT2D eigenvalue weighted by Crippen LogP contribution is 2.30. The van der Waals surface area contributed by atoms with E-state index < -0.39 is 0 Å². The SMILES string of the molecule is Cc1ccc2c(c1F)CCC[C@@H]2N. The van der Waals surface area contributed by atoms with Crippen LogP contribution < -0.4 is 5.73 Å². The van der Waals surface area contributed by atoms with Crippen LogP contribution in [0.1, 0.15) is 35.6 Å². The van der Waals surface area contributed by atoms with Gasteiger partial charge in [0.2, 0.25) is 0 Å². The minimum Gasteiger partial charge on any atom is -0.324 e. The molecule has 1 nitrogen and oxygen atoms in total. The predicted molar refractivity (Wildman–Crippen MR) is 51.0 cm³/mol. The molecule has 0 aromatic heterocycles. The van der Waals surface area contributed by atoms with Crippen LogP contribution in [0.3, 0.4) is 0 Å². The molecule has 1 aromatic rings. The molecule has 1 aromatic carbocycles. The van der Waals surface area contributed by atoms with E-state index in [9.17, 15) is 4.39 Å². The van der Waals surface area contributed by atoms with Gasteiger partial charge in [0.05, 0.1) is 0 Å². The van der Waals surface area contributed by atoms with Gasteiger partial charge in [0.15, 0.2) is 0 Å². The van der Waals surface area contributed by atoms with E-state index in [0.717, 1.165) is 36.0 Å². The van der Waals surface area contributed by atoms with Crippen molar-refractivity contribution < 1.29 is 4.39 Å². The van der Waals surface area contributed by atoms with Crippen molar-refractivity contribution in [1.29, 1.82) is 0 Å². The average molecular weight is 179 g/mol. The third-order valence-corrected chi connectivity index (χ3v) is 2.81. The lowest BCUT2D eigenvalue weighted by Crippen LogP contribution is -2.18. The van der Waals surface area contributed by atoms with Gasteiger partial charge in [0.25, 0.3) is 0 Å². The average Bonchev–Trinajstić information content (AvgIpc) is 2.12. The van der Waals surface area contributed by atoms with Crippen LogP contribution in [0.2, 0.25) is 0 Å². The van der Waals surface area contributed by atoms with Crippen LogP contribution in [0.25, 0.3) is 0 Å². The molecule has 2 heteroatoms. The molecule has 0 saturated carbocycles. The first-order chi connectivity index (χ1) is 6.20. The van der Waals surface area contributed by atoms with Crippen molar-refractivity contribution in [2.45, 2.75) is 32.2 Å². The molecule has 1 aliphatic rings. The van der Waals surface area contributed by atoms with E-state index in [1.807, 2.05) is 12.1 Å². The van der Waals surface area contributed by atoms with Gasteiger partial charge in [-0.05, 0) is 42.9 Å². The van der Waals surface area contributed by atoms with E-state index in [2.05, 4.69) is 0 Å². The fraction of sp³-hybridized carbons (Fsp3) is 0.455. The van der Waals surface area contributed by atoms with Crippen LogP contribution in [0.5, 0.6) is 0 Å². The van der Waals surface area contributed by atoms with E-state index in [1.54, 1.807) is 6.92 Å². The summed E-state index contributed by atoms with van der Waals surface area (Å²) >= 11 is 0. The summed E-state index contributed by atoms with van der Waals surface area (Å²) in [6.07, 6.45) is 2.83. The third-order valence-electron chi connectivity index (χ3n) is 2.81. The maximum Gasteiger partial charge on any atom is 0.129 e. The standard InChI is InChI=1S/C11H14FN/c1-7-5-6-8-9(11(7)12)3-2-4-10(8)13/h5-6,10H,2-4,13H2,1H3/t10-/m0/s1. The van der Waals surface area contributed by atoms with Gasteiger partial charge < -0.3 is 5.73 Å². The molecule has 0 unspecified atom stereocenters. The molecule has 1 atom stereocenters. The Labute approximate surface area is 77.8 Å². The topological polar surface area (TPSA) is 26.0 Å². The maximum atomic E-state index is 13.6. The van der Waals surface area contributed by atoms with Crippen LogP contribution in [0.4, 0.5) is 4.39 Å². The highest BCUT2D eigenvalue weighted by atomic mass is 19.1. The molecule has 2 rings (SSSR count). The molecular formula is C11H14FN. The Balaban J connectivity index is 2.56. The molecule has 0 bridgehead atoms. The predicted octanol–water partition coefficient (Wildman–Crippen LogP) is 2.47. The Hall–Kier alpha value is -0.890. The Bertz CT molecular complexity index is 333. The molecule has 13 heavy (non-hydrogen) atoms. The normalized spacial score (nSPS) is 21.3. The number of halogens is 1. The first-order valence-corrected chi connectivity index (χ1v) is 4.73. The molecular weight excluding hydrogens is 165 g/mol. The highest BCUT2D eigenvalue weighted by Gasteiger charge is 2.20. The second-order valence-electron chi connectivity index (χ2n) is 3.76. The smallest absolute Gasteiger partial charge is 0.129 e. The molecule has 0 fully saturated rings. The summed E-state index contributed by atoms with van der Waals surface area (Å²) in [5, 5.41) is 0. The van der Waals surface area contributed by atoms with Crippen molar-refractivity contribution in [2.24, 2.45) is 5.73 Å². The molecule has 0 amide bonds. The zero-order valence-electron chi connectivity index (χ0n) is 7.81. The minimum atomic E-state index is -0.0485. The molecule has 0 spiro atoms. The monoisotopic (exact) mass is 179 g/mol. The Kier molecular flexibility index (Phi) is 2.08. The summed E-state index contributed by atoms with van der Waals surface area (Å²) in [4.78, 5) is 0.